The summed E-state index contributed by atoms with van der Waals surface area (Å²) in [6.45, 7) is 6.66. The number of phenolic OH excluding ortho intramolecular Hbond substituents is 1. The third-order valence-electron chi connectivity index (χ3n) is 8.70. The molecular formula is C45H37N2OPt-. The van der Waals surface area contributed by atoms with Crippen LogP contribution in [-0.4, -0.2) is 15.1 Å². The van der Waals surface area contributed by atoms with Gasteiger partial charge in [-0.1, -0.05) is 141 Å². The average molecular weight is 817 g/mol. The number of pyridine rings is 2. The van der Waals surface area contributed by atoms with Gasteiger partial charge in [0.05, 0.1) is 5.69 Å². The van der Waals surface area contributed by atoms with Gasteiger partial charge in [0.2, 0.25) is 0 Å². The predicted molar refractivity (Wildman–Crippen MR) is 198 cm³/mol. The predicted octanol–water partition coefficient (Wildman–Crippen LogP) is 11.2. The zero-order chi connectivity index (χ0) is 33.1. The minimum atomic E-state index is -0.123. The van der Waals surface area contributed by atoms with Crippen LogP contribution in [0.25, 0.3) is 56.0 Å². The molecule has 7 aromatic rings. The second-order valence-corrected chi connectivity index (χ2v) is 13.2. The van der Waals surface area contributed by atoms with E-state index in [1.54, 1.807) is 6.07 Å². The summed E-state index contributed by atoms with van der Waals surface area (Å²) in [4.78, 5) is 9.93. The van der Waals surface area contributed by atoms with Crippen LogP contribution in [0.2, 0.25) is 0 Å². The average Bonchev–Trinajstić information content (AvgIpc) is 3.12. The van der Waals surface area contributed by atoms with E-state index in [9.17, 15) is 5.11 Å². The molecule has 0 aliphatic carbocycles. The van der Waals surface area contributed by atoms with Crippen molar-refractivity contribution in [3.63, 3.8) is 0 Å². The van der Waals surface area contributed by atoms with Crippen LogP contribution in [0, 0.1) is 6.07 Å². The molecule has 0 aliphatic rings. The van der Waals surface area contributed by atoms with E-state index in [4.69, 9.17) is 9.97 Å². The van der Waals surface area contributed by atoms with Crippen molar-refractivity contribution >= 4 is 0 Å². The van der Waals surface area contributed by atoms with Gasteiger partial charge in [0.15, 0.2) is 0 Å². The summed E-state index contributed by atoms with van der Waals surface area (Å²) in [7, 11) is 0. The third-order valence-corrected chi connectivity index (χ3v) is 8.70. The quantitative estimate of drug-likeness (QED) is 0.163. The molecule has 0 spiro atoms. The van der Waals surface area contributed by atoms with Gasteiger partial charge in [-0.15, -0.1) is 23.8 Å². The van der Waals surface area contributed by atoms with E-state index in [2.05, 4.69) is 130 Å². The van der Waals surface area contributed by atoms with Crippen LogP contribution in [0.4, 0.5) is 0 Å². The number of benzene rings is 5. The molecule has 0 amide bonds. The van der Waals surface area contributed by atoms with Crippen LogP contribution in [0.1, 0.15) is 37.5 Å². The molecule has 0 saturated heterocycles. The Morgan fingerprint density at radius 3 is 1.82 bits per heavy atom. The Morgan fingerprint density at radius 1 is 0.551 bits per heavy atom. The van der Waals surface area contributed by atoms with E-state index in [1.165, 1.54) is 16.7 Å². The normalized spacial score (nSPS) is 11.2. The Bertz CT molecular complexity index is 2190. The first-order valence-electron chi connectivity index (χ1n) is 16.3. The Balaban J connectivity index is 0.00000417. The molecule has 5 aromatic carbocycles. The van der Waals surface area contributed by atoms with Crippen LogP contribution in [-0.2, 0) is 32.9 Å². The Morgan fingerprint density at radius 2 is 1.12 bits per heavy atom. The van der Waals surface area contributed by atoms with Crippen molar-refractivity contribution in [1.29, 1.82) is 0 Å². The fourth-order valence-electron chi connectivity index (χ4n) is 5.98. The SMILES string of the molecule is CC(C)(C)c1cc(-c2cc(-c3ccccc3)ccn2)[c-]c(-c2cc(-c3ccc(Cc4ccccc4)cc3)cc(-c3ccccc3O)n2)c1.[Pt]. The molecule has 49 heavy (non-hydrogen) atoms. The van der Waals surface area contributed by atoms with Crippen LogP contribution < -0.4 is 0 Å². The van der Waals surface area contributed by atoms with Gasteiger partial charge < -0.3 is 5.11 Å². The molecule has 1 N–H and O–H groups in total. The number of hydrogen-bond acceptors (Lipinski definition) is 3. The summed E-state index contributed by atoms with van der Waals surface area (Å²) >= 11 is 0. The number of aromatic nitrogens is 2. The molecule has 0 unspecified atom stereocenters. The third kappa shape index (κ3) is 7.80. The number of para-hydroxylation sites is 1. The van der Waals surface area contributed by atoms with Crippen LogP contribution in [0.5, 0.6) is 5.75 Å². The number of hydrogen-bond donors (Lipinski definition) is 1. The van der Waals surface area contributed by atoms with Crippen molar-refractivity contribution in [1.82, 2.24) is 9.97 Å². The smallest absolute Gasteiger partial charge is 0.124 e. The zero-order valence-corrected chi connectivity index (χ0v) is 30.1. The van der Waals surface area contributed by atoms with Gasteiger partial charge >= 0.3 is 0 Å². The van der Waals surface area contributed by atoms with E-state index < -0.39 is 0 Å². The van der Waals surface area contributed by atoms with Crippen molar-refractivity contribution in [2.45, 2.75) is 32.6 Å². The molecular weight excluding hydrogens is 780 g/mol. The fraction of sp³-hybridized carbons (Fsp3) is 0.111. The second-order valence-electron chi connectivity index (χ2n) is 13.2. The molecule has 0 aliphatic heterocycles. The summed E-state index contributed by atoms with van der Waals surface area (Å²) in [5, 5.41) is 10.9. The van der Waals surface area contributed by atoms with Crippen LogP contribution in [0.3, 0.4) is 0 Å². The van der Waals surface area contributed by atoms with Crippen molar-refractivity contribution in [2.75, 3.05) is 0 Å². The van der Waals surface area contributed by atoms with Crippen molar-refractivity contribution in [3.05, 3.63) is 175 Å². The van der Waals surface area contributed by atoms with Gasteiger partial charge in [0.25, 0.3) is 0 Å². The minimum absolute atomic E-state index is 0. The topological polar surface area (TPSA) is 46.0 Å². The largest absolute Gasteiger partial charge is 0.507 e. The zero-order valence-electron chi connectivity index (χ0n) is 27.8. The van der Waals surface area contributed by atoms with E-state index in [0.29, 0.717) is 11.3 Å². The van der Waals surface area contributed by atoms with Gasteiger partial charge in [0.1, 0.15) is 5.75 Å². The second kappa shape index (κ2) is 14.6. The van der Waals surface area contributed by atoms with Gasteiger partial charge in [-0.25, -0.2) is 0 Å². The maximum atomic E-state index is 10.9. The maximum Gasteiger partial charge on any atom is 0.124 e. The molecule has 2 aromatic heterocycles. The number of rotatable bonds is 7. The van der Waals surface area contributed by atoms with E-state index >= 15 is 0 Å². The molecule has 3 nitrogen and oxygen atoms in total. The molecule has 0 bridgehead atoms. The molecule has 0 radical (unpaired) electrons. The number of nitrogens with zero attached hydrogens (tertiary/aromatic N) is 2. The van der Waals surface area contributed by atoms with Gasteiger partial charge in [-0.05, 0) is 69.5 Å². The summed E-state index contributed by atoms with van der Waals surface area (Å²) < 4.78 is 0. The first-order chi connectivity index (χ1) is 23.3. The molecule has 244 valence electrons. The standard InChI is InChI=1S/C45H37N2O.Pt/c1-45(2,3)39-26-37(41-28-35(22-23-46-41)33-14-8-5-9-15-33)25-38(27-39)42-29-36(30-43(47-42)40-16-10-11-17-44(40)48)34-20-18-32(19-21-34)24-31-12-6-4-7-13-31;/h4-23,26-30,48H,24H2,1-3H3;/q-1;. The number of phenols is 1. The summed E-state index contributed by atoms with van der Waals surface area (Å²) in [6, 6.07) is 53.4. The van der Waals surface area contributed by atoms with Crippen molar-refractivity contribution < 1.29 is 26.2 Å². The molecule has 0 saturated carbocycles. The van der Waals surface area contributed by atoms with Crippen LogP contribution in [0.15, 0.2) is 152 Å². The minimum Gasteiger partial charge on any atom is -0.507 e. The van der Waals surface area contributed by atoms with E-state index in [1.807, 2.05) is 42.6 Å². The van der Waals surface area contributed by atoms with Gasteiger partial charge in [-0.2, -0.15) is 0 Å². The first kappa shape index (κ1) is 33.8. The Kier molecular flexibility index (Phi) is 10.0. The van der Waals surface area contributed by atoms with Crippen LogP contribution >= 0.6 is 0 Å². The molecule has 0 fully saturated rings. The Hall–Kier alpha value is -5.11. The molecule has 0 atom stereocenters. The first-order valence-corrected chi connectivity index (χ1v) is 16.3. The van der Waals surface area contributed by atoms with Crippen molar-refractivity contribution in [2.24, 2.45) is 0 Å². The molecule has 2 heterocycles. The molecule has 4 heteroatoms. The fourth-order valence-corrected chi connectivity index (χ4v) is 5.98. The number of aromatic hydroxyl groups is 1. The summed E-state index contributed by atoms with van der Waals surface area (Å²) in [6.07, 6.45) is 2.74. The monoisotopic (exact) mass is 816 g/mol. The van der Waals surface area contributed by atoms with E-state index in [0.717, 1.165) is 51.2 Å². The molecule has 7 rings (SSSR count). The summed E-state index contributed by atoms with van der Waals surface area (Å²) in [5.74, 6) is 0.196. The maximum absolute atomic E-state index is 10.9. The van der Waals surface area contributed by atoms with Gasteiger partial charge in [0, 0.05) is 44.2 Å². The van der Waals surface area contributed by atoms with Gasteiger partial charge in [-0.3, -0.25) is 9.97 Å². The Labute approximate surface area is 303 Å². The van der Waals surface area contributed by atoms with Crippen molar-refractivity contribution in [3.8, 4) is 61.8 Å². The van der Waals surface area contributed by atoms with E-state index in [-0.39, 0.29) is 32.2 Å². The summed E-state index contributed by atoms with van der Waals surface area (Å²) in [5.41, 5.74) is 12.7.